The maximum absolute atomic E-state index is 11.4. The Bertz CT molecular complexity index is 228. The predicted octanol–water partition coefficient (Wildman–Crippen LogP) is 1.60. The zero-order valence-electron chi connectivity index (χ0n) is 7.29. The molecule has 12 heavy (non-hydrogen) atoms. The normalized spacial score (nSPS) is 27.5. The first-order chi connectivity index (χ1) is 5.69. The monoisotopic (exact) mass is 166 g/mol. The minimum Gasteiger partial charge on any atom is -0.378 e. The van der Waals surface area contributed by atoms with E-state index >= 15 is 0 Å². The number of ketones is 1. The fourth-order valence-electron chi connectivity index (χ4n) is 1.26. The highest BCUT2D eigenvalue weighted by molar-refractivity contribution is 5.89. The third-order valence-electron chi connectivity index (χ3n) is 2.01. The fourth-order valence-corrected chi connectivity index (χ4v) is 1.26. The van der Waals surface area contributed by atoms with Crippen molar-refractivity contribution in [2.75, 3.05) is 0 Å². The molecule has 0 aromatic rings. The van der Waals surface area contributed by atoms with Gasteiger partial charge in [0.25, 0.3) is 0 Å². The number of hydrogen-bond acceptors (Lipinski definition) is 2. The lowest BCUT2D eigenvalue weighted by molar-refractivity contribution is -0.132. The molecule has 1 atom stereocenters. The maximum Gasteiger partial charge on any atom is 0.168 e. The van der Waals surface area contributed by atoms with Crippen LogP contribution < -0.4 is 0 Å². The predicted molar refractivity (Wildman–Crippen MR) is 47.8 cm³/mol. The Kier molecular flexibility index (Phi) is 2.82. The summed E-state index contributed by atoms with van der Waals surface area (Å²) in [5.74, 6) is -0.0781. The van der Waals surface area contributed by atoms with Crippen LogP contribution in [0.4, 0.5) is 0 Å². The lowest BCUT2D eigenvalue weighted by Gasteiger charge is -2.22. The molecule has 1 aliphatic carbocycles. The number of carbonyl (C=O) groups excluding carboxylic acids is 1. The molecule has 0 spiro atoms. The van der Waals surface area contributed by atoms with Gasteiger partial charge < -0.3 is 5.11 Å². The number of aliphatic hydroxyl groups is 1. The number of carbonyl (C=O) groups is 1. The number of Topliss-reactive ketones (excluding diaryl/α,β-unsaturated/α-hetero) is 1. The van der Waals surface area contributed by atoms with Crippen molar-refractivity contribution in [3.63, 3.8) is 0 Å². The van der Waals surface area contributed by atoms with Crippen LogP contribution >= 0.6 is 0 Å². The highest BCUT2D eigenvalue weighted by atomic mass is 16.3. The summed E-state index contributed by atoms with van der Waals surface area (Å²) in [6, 6.07) is 0. The van der Waals surface area contributed by atoms with E-state index in [1.807, 2.05) is 19.1 Å². The van der Waals surface area contributed by atoms with E-state index in [0.717, 1.165) is 6.42 Å². The van der Waals surface area contributed by atoms with Gasteiger partial charge in [0.05, 0.1) is 0 Å². The third-order valence-corrected chi connectivity index (χ3v) is 2.01. The van der Waals surface area contributed by atoms with E-state index < -0.39 is 5.60 Å². The summed E-state index contributed by atoms with van der Waals surface area (Å²) in [6.45, 7) is 1.93. The van der Waals surface area contributed by atoms with Crippen LogP contribution in [0.25, 0.3) is 0 Å². The van der Waals surface area contributed by atoms with Gasteiger partial charge in [0.2, 0.25) is 0 Å². The molecule has 0 saturated carbocycles. The molecule has 0 heterocycles. The molecular weight excluding hydrogens is 152 g/mol. The van der Waals surface area contributed by atoms with Gasteiger partial charge >= 0.3 is 0 Å². The minimum absolute atomic E-state index is 0.0781. The Morgan fingerprint density at radius 1 is 1.58 bits per heavy atom. The molecule has 1 N–H and O–H groups in total. The van der Waals surface area contributed by atoms with Crippen molar-refractivity contribution in [2.45, 2.75) is 31.8 Å². The molecule has 1 rings (SSSR count). The van der Waals surface area contributed by atoms with E-state index in [1.165, 1.54) is 0 Å². The van der Waals surface area contributed by atoms with Crippen molar-refractivity contribution < 1.29 is 9.90 Å². The number of hydrogen-bond donors (Lipinski definition) is 1. The molecule has 1 aliphatic rings. The highest BCUT2D eigenvalue weighted by Crippen LogP contribution is 2.20. The van der Waals surface area contributed by atoms with E-state index in [1.54, 1.807) is 12.2 Å². The Balaban J connectivity index is 2.65. The largest absolute Gasteiger partial charge is 0.378 e. The fraction of sp³-hybridized carbons (Fsp3) is 0.500. The molecule has 0 amide bonds. The first-order valence-electron chi connectivity index (χ1n) is 4.29. The van der Waals surface area contributed by atoms with Gasteiger partial charge in [-0.2, -0.15) is 0 Å². The van der Waals surface area contributed by atoms with Gasteiger partial charge in [0, 0.05) is 12.8 Å². The van der Waals surface area contributed by atoms with Crippen LogP contribution in [0, 0.1) is 0 Å². The Morgan fingerprint density at radius 2 is 2.33 bits per heavy atom. The van der Waals surface area contributed by atoms with Crippen LogP contribution in [0.1, 0.15) is 26.2 Å². The molecular formula is C10H14O2. The zero-order valence-corrected chi connectivity index (χ0v) is 7.29. The Hall–Kier alpha value is -0.890. The third kappa shape index (κ3) is 1.83. The van der Waals surface area contributed by atoms with Gasteiger partial charge in [-0.3, -0.25) is 4.79 Å². The van der Waals surface area contributed by atoms with Crippen LogP contribution in [0.2, 0.25) is 0 Å². The molecule has 2 nitrogen and oxygen atoms in total. The maximum atomic E-state index is 11.4. The van der Waals surface area contributed by atoms with E-state index in [9.17, 15) is 9.90 Å². The van der Waals surface area contributed by atoms with Gasteiger partial charge in [0.1, 0.15) is 5.60 Å². The summed E-state index contributed by atoms with van der Waals surface area (Å²) >= 11 is 0. The quantitative estimate of drug-likeness (QED) is 0.691. The number of rotatable bonds is 3. The molecule has 0 radical (unpaired) electrons. The molecule has 0 bridgehead atoms. The van der Waals surface area contributed by atoms with Crippen LogP contribution in [-0.2, 0) is 4.79 Å². The standard InChI is InChI=1S/C10H14O2/c1-2-6-9(11)10(12)7-4-3-5-8-10/h3-5,7,12H,2,6,8H2,1H3/t10-/m1/s1. The second-order valence-corrected chi connectivity index (χ2v) is 3.09. The SMILES string of the molecule is CCCC(=O)[C@@]1(O)C=CC=CC1. The van der Waals surface area contributed by atoms with E-state index in [2.05, 4.69) is 0 Å². The van der Waals surface area contributed by atoms with Crippen molar-refractivity contribution in [2.24, 2.45) is 0 Å². The average Bonchev–Trinajstić information content (AvgIpc) is 2.06. The van der Waals surface area contributed by atoms with Crippen LogP contribution in [0.3, 0.4) is 0 Å². The van der Waals surface area contributed by atoms with Gasteiger partial charge in [-0.05, 0) is 12.5 Å². The van der Waals surface area contributed by atoms with Crippen molar-refractivity contribution in [1.29, 1.82) is 0 Å². The van der Waals surface area contributed by atoms with Crippen LogP contribution in [-0.4, -0.2) is 16.5 Å². The second kappa shape index (κ2) is 3.68. The Labute approximate surface area is 72.6 Å². The lowest BCUT2D eigenvalue weighted by atomic mass is 9.89. The summed E-state index contributed by atoms with van der Waals surface area (Å²) in [7, 11) is 0. The van der Waals surface area contributed by atoms with E-state index in [4.69, 9.17) is 0 Å². The van der Waals surface area contributed by atoms with Crippen LogP contribution in [0.15, 0.2) is 24.3 Å². The van der Waals surface area contributed by atoms with Crippen molar-refractivity contribution in [3.05, 3.63) is 24.3 Å². The molecule has 2 heteroatoms. The van der Waals surface area contributed by atoms with Crippen LogP contribution in [0.5, 0.6) is 0 Å². The molecule has 0 aliphatic heterocycles. The molecule has 0 saturated heterocycles. The van der Waals surface area contributed by atoms with Gasteiger partial charge in [-0.15, -0.1) is 0 Å². The molecule has 0 aromatic carbocycles. The minimum atomic E-state index is -1.22. The van der Waals surface area contributed by atoms with Crippen molar-refractivity contribution >= 4 is 5.78 Å². The molecule has 0 fully saturated rings. The zero-order chi connectivity index (χ0) is 9.03. The molecule has 0 aromatic heterocycles. The van der Waals surface area contributed by atoms with E-state index in [0.29, 0.717) is 12.8 Å². The summed E-state index contributed by atoms with van der Waals surface area (Å²) in [6.07, 6.45) is 8.61. The number of allylic oxidation sites excluding steroid dienone is 2. The lowest BCUT2D eigenvalue weighted by Crippen LogP contribution is -2.36. The first kappa shape index (κ1) is 9.20. The summed E-state index contributed by atoms with van der Waals surface area (Å²) in [4.78, 5) is 11.4. The first-order valence-corrected chi connectivity index (χ1v) is 4.29. The van der Waals surface area contributed by atoms with Crippen molar-refractivity contribution in [1.82, 2.24) is 0 Å². The smallest absolute Gasteiger partial charge is 0.168 e. The molecule has 66 valence electrons. The Morgan fingerprint density at radius 3 is 2.83 bits per heavy atom. The topological polar surface area (TPSA) is 37.3 Å². The summed E-state index contributed by atoms with van der Waals surface area (Å²) < 4.78 is 0. The van der Waals surface area contributed by atoms with Gasteiger partial charge in [0.15, 0.2) is 5.78 Å². The summed E-state index contributed by atoms with van der Waals surface area (Å²) in [5, 5.41) is 9.78. The van der Waals surface area contributed by atoms with Gasteiger partial charge in [-0.1, -0.05) is 25.2 Å². The average molecular weight is 166 g/mol. The second-order valence-electron chi connectivity index (χ2n) is 3.09. The van der Waals surface area contributed by atoms with Gasteiger partial charge in [-0.25, -0.2) is 0 Å². The van der Waals surface area contributed by atoms with E-state index in [-0.39, 0.29) is 5.78 Å². The van der Waals surface area contributed by atoms with Crippen molar-refractivity contribution in [3.8, 4) is 0 Å². The molecule has 0 unspecified atom stereocenters. The summed E-state index contributed by atoms with van der Waals surface area (Å²) in [5.41, 5.74) is -1.22. The highest BCUT2D eigenvalue weighted by Gasteiger charge is 2.31.